The second kappa shape index (κ2) is 5.87. The van der Waals surface area contributed by atoms with Crippen molar-refractivity contribution in [1.29, 1.82) is 0 Å². The fraction of sp³-hybridized carbons (Fsp3) is 0.643. The van der Waals surface area contributed by atoms with E-state index in [0.29, 0.717) is 0 Å². The molecule has 1 aliphatic heterocycles. The van der Waals surface area contributed by atoms with Crippen molar-refractivity contribution in [2.45, 2.75) is 32.4 Å². The van der Waals surface area contributed by atoms with E-state index in [1.54, 1.807) is 0 Å². The minimum Gasteiger partial charge on any atom is -0.301 e. The average molecular weight is 250 g/mol. The van der Waals surface area contributed by atoms with E-state index in [-0.39, 0.29) is 0 Å². The molecule has 0 spiro atoms. The van der Waals surface area contributed by atoms with Crippen LogP contribution in [-0.4, -0.2) is 40.5 Å². The first kappa shape index (κ1) is 12.9. The largest absolute Gasteiger partial charge is 0.301 e. The van der Waals surface area contributed by atoms with Crippen molar-refractivity contribution < 1.29 is 0 Å². The van der Waals surface area contributed by atoms with Gasteiger partial charge in [0.1, 0.15) is 0 Å². The molecule has 3 heteroatoms. The van der Waals surface area contributed by atoms with Gasteiger partial charge in [0.15, 0.2) is 0 Å². The molecular formula is C14H22N2S. The number of thioether (sulfide) groups is 1. The maximum absolute atomic E-state index is 4.55. The van der Waals surface area contributed by atoms with Gasteiger partial charge in [-0.25, -0.2) is 0 Å². The molecule has 1 fully saturated rings. The van der Waals surface area contributed by atoms with Gasteiger partial charge in [-0.1, -0.05) is 13.0 Å². The molecule has 2 heterocycles. The number of aryl methyl sites for hydroxylation is 2. The monoisotopic (exact) mass is 250 g/mol. The van der Waals surface area contributed by atoms with Crippen LogP contribution in [0.2, 0.25) is 0 Å². The summed E-state index contributed by atoms with van der Waals surface area (Å²) in [6, 6.07) is 2.23. The second-order valence-corrected chi connectivity index (χ2v) is 6.55. The number of pyridine rings is 1. The lowest BCUT2D eigenvalue weighted by Crippen LogP contribution is -2.38. The summed E-state index contributed by atoms with van der Waals surface area (Å²) in [4.78, 5) is 7.12. The van der Waals surface area contributed by atoms with E-state index in [9.17, 15) is 0 Å². The van der Waals surface area contributed by atoms with Gasteiger partial charge in [0.2, 0.25) is 0 Å². The Kier molecular flexibility index (Phi) is 4.46. The maximum Gasteiger partial charge on any atom is 0.0445 e. The Hall–Kier alpha value is -0.540. The lowest BCUT2D eigenvalue weighted by molar-refractivity contribution is 0.289. The molecule has 1 aromatic heterocycles. The third-order valence-electron chi connectivity index (χ3n) is 3.31. The predicted octanol–water partition coefficient (Wildman–Crippen LogP) is 2.68. The number of nitrogens with zero attached hydrogens (tertiary/aromatic N) is 2. The van der Waals surface area contributed by atoms with Crippen LogP contribution < -0.4 is 0 Å². The van der Waals surface area contributed by atoms with E-state index >= 15 is 0 Å². The Morgan fingerprint density at radius 1 is 1.47 bits per heavy atom. The summed E-state index contributed by atoms with van der Waals surface area (Å²) in [5.74, 6) is 1.28. The van der Waals surface area contributed by atoms with Crippen LogP contribution in [0.1, 0.15) is 23.7 Å². The molecule has 0 saturated carbocycles. The molecule has 2 nitrogen and oxygen atoms in total. The number of aromatic nitrogens is 1. The van der Waals surface area contributed by atoms with Gasteiger partial charge >= 0.3 is 0 Å². The molecule has 0 amide bonds. The van der Waals surface area contributed by atoms with Gasteiger partial charge in [-0.3, -0.25) is 4.98 Å². The van der Waals surface area contributed by atoms with Crippen LogP contribution in [0.4, 0.5) is 0 Å². The third-order valence-corrected chi connectivity index (χ3v) is 4.45. The second-order valence-electron chi connectivity index (χ2n) is 5.01. The smallest absolute Gasteiger partial charge is 0.0445 e. The Labute approximate surface area is 109 Å². The molecule has 1 unspecified atom stereocenters. The van der Waals surface area contributed by atoms with Crippen molar-refractivity contribution in [2.75, 3.05) is 25.4 Å². The van der Waals surface area contributed by atoms with E-state index in [1.807, 2.05) is 6.20 Å². The van der Waals surface area contributed by atoms with Crippen molar-refractivity contribution in [3.8, 4) is 0 Å². The van der Waals surface area contributed by atoms with E-state index in [0.717, 1.165) is 18.2 Å². The quantitative estimate of drug-likeness (QED) is 0.820. The molecule has 1 aromatic rings. The Morgan fingerprint density at radius 3 is 3.00 bits per heavy atom. The molecular weight excluding hydrogens is 228 g/mol. The highest BCUT2D eigenvalue weighted by Gasteiger charge is 2.16. The first-order valence-electron chi connectivity index (χ1n) is 6.41. The topological polar surface area (TPSA) is 16.1 Å². The summed E-state index contributed by atoms with van der Waals surface area (Å²) in [6.07, 6.45) is 3.07. The average Bonchev–Trinajstić information content (AvgIpc) is 2.28. The Morgan fingerprint density at radius 2 is 2.29 bits per heavy atom. The summed E-state index contributed by atoms with van der Waals surface area (Å²) in [5.41, 5.74) is 3.86. The van der Waals surface area contributed by atoms with Gasteiger partial charge in [0.25, 0.3) is 0 Å². The zero-order valence-electron chi connectivity index (χ0n) is 11.1. The summed E-state index contributed by atoms with van der Waals surface area (Å²) >= 11 is 2.09. The molecule has 0 aliphatic carbocycles. The van der Waals surface area contributed by atoms with Gasteiger partial charge in [-0.15, -0.1) is 0 Å². The van der Waals surface area contributed by atoms with Crippen molar-refractivity contribution in [1.82, 2.24) is 9.88 Å². The summed E-state index contributed by atoms with van der Waals surface area (Å²) in [6.45, 7) is 10.2. The number of hydrogen-bond donors (Lipinski definition) is 0. The number of hydrogen-bond acceptors (Lipinski definition) is 3. The van der Waals surface area contributed by atoms with Crippen LogP contribution in [0.25, 0.3) is 0 Å². The summed E-state index contributed by atoms with van der Waals surface area (Å²) in [7, 11) is 0. The molecule has 17 heavy (non-hydrogen) atoms. The molecule has 94 valence electrons. The van der Waals surface area contributed by atoms with Crippen molar-refractivity contribution in [3.05, 3.63) is 29.1 Å². The van der Waals surface area contributed by atoms with Crippen molar-refractivity contribution >= 4 is 11.8 Å². The molecule has 0 aromatic carbocycles. The van der Waals surface area contributed by atoms with Gasteiger partial charge in [-0.05, 0) is 25.0 Å². The highest BCUT2D eigenvalue weighted by Crippen LogP contribution is 2.18. The Bertz CT molecular complexity index is 378. The highest BCUT2D eigenvalue weighted by molar-refractivity contribution is 7.99. The highest BCUT2D eigenvalue weighted by atomic mass is 32.2. The van der Waals surface area contributed by atoms with Gasteiger partial charge in [0, 0.05) is 48.9 Å². The zero-order valence-corrected chi connectivity index (χ0v) is 11.9. The summed E-state index contributed by atoms with van der Waals surface area (Å²) < 4.78 is 0. The van der Waals surface area contributed by atoms with E-state index in [2.05, 4.69) is 48.5 Å². The SMILES string of the molecule is Cc1cnc(CCN2CCSC(C)C2)c(C)c1. The van der Waals surface area contributed by atoms with Gasteiger partial charge < -0.3 is 4.90 Å². The van der Waals surface area contributed by atoms with Gasteiger partial charge in [-0.2, -0.15) is 11.8 Å². The normalized spacial score (nSPS) is 21.7. The molecule has 2 rings (SSSR count). The minimum atomic E-state index is 0.788. The lowest BCUT2D eigenvalue weighted by Gasteiger charge is -2.30. The molecule has 0 N–H and O–H groups in total. The van der Waals surface area contributed by atoms with Crippen LogP contribution in [0.3, 0.4) is 0 Å². The van der Waals surface area contributed by atoms with Gasteiger partial charge in [0.05, 0.1) is 0 Å². The fourth-order valence-electron chi connectivity index (χ4n) is 2.36. The first-order chi connectivity index (χ1) is 8.15. The molecule has 1 aliphatic rings. The lowest BCUT2D eigenvalue weighted by atomic mass is 10.1. The van der Waals surface area contributed by atoms with Crippen molar-refractivity contribution in [3.63, 3.8) is 0 Å². The summed E-state index contributed by atoms with van der Waals surface area (Å²) in [5, 5.41) is 0.788. The van der Waals surface area contributed by atoms with E-state index < -0.39 is 0 Å². The van der Waals surface area contributed by atoms with Crippen LogP contribution in [0.5, 0.6) is 0 Å². The Balaban J connectivity index is 1.88. The van der Waals surface area contributed by atoms with Crippen LogP contribution in [0.15, 0.2) is 12.3 Å². The van der Waals surface area contributed by atoms with E-state index in [1.165, 1.54) is 35.7 Å². The van der Waals surface area contributed by atoms with Crippen molar-refractivity contribution in [2.24, 2.45) is 0 Å². The standard InChI is InChI=1S/C14H22N2S/c1-11-8-12(2)14(15-9-11)4-5-16-6-7-17-13(3)10-16/h8-9,13H,4-7,10H2,1-3H3. The maximum atomic E-state index is 4.55. The molecule has 1 atom stereocenters. The third kappa shape index (κ3) is 3.71. The van der Waals surface area contributed by atoms with Crippen LogP contribution >= 0.6 is 11.8 Å². The van der Waals surface area contributed by atoms with Crippen LogP contribution in [0, 0.1) is 13.8 Å². The first-order valence-corrected chi connectivity index (χ1v) is 7.46. The fourth-order valence-corrected chi connectivity index (χ4v) is 3.45. The molecule has 1 saturated heterocycles. The van der Waals surface area contributed by atoms with Crippen LogP contribution in [-0.2, 0) is 6.42 Å². The van der Waals surface area contributed by atoms with E-state index in [4.69, 9.17) is 0 Å². The zero-order chi connectivity index (χ0) is 12.3. The number of rotatable bonds is 3. The molecule has 0 bridgehead atoms. The molecule has 0 radical (unpaired) electrons. The predicted molar refractivity (Wildman–Crippen MR) is 75.8 cm³/mol. The minimum absolute atomic E-state index is 0.788.